The number of hydrogen-bond donors (Lipinski definition) is 4. The fraction of sp³-hybridized carbons (Fsp3) is 0.364. The first-order valence-electron chi connectivity index (χ1n) is 10.1. The first-order chi connectivity index (χ1) is 14.8. The zero-order valence-corrected chi connectivity index (χ0v) is 17.3. The van der Waals surface area contributed by atoms with E-state index in [1.165, 1.54) is 12.1 Å². The third kappa shape index (κ3) is 3.72. The van der Waals surface area contributed by atoms with E-state index in [0.717, 1.165) is 31.7 Å². The van der Waals surface area contributed by atoms with Crippen LogP contribution in [0, 0.1) is 0 Å². The van der Waals surface area contributed by atoms with E-state index >= 15 is 0 Å². The van der Waals surface area contributed by atoms with Crippen molar-refractivity contribution in [2.75, 3.05) is 14.1 Å². The van der Waals surface area contributed by atoms with Crippen molar-refractivity contribution in [1.82, 2.24) is 20.2 Å². The Bertz CT molecular complexity index is 1190. The van der Waals surface area contributed by atoms with Crippen molar-refractivity contribution >= 4 is 34.3 Å². The average molecular weight is 424 g/mol. The van der Waals surface area contributed by atoms with Crippen LogP contribution in [0.5, 0.6) is 17.2 Å². The van der Waals surface area contributed by atoms with Crippen LogP contribution in [0.15, 0.2) is 18.2 Å². The summed E-state index contributed by atoms with van der Waals surface area (Å²) >= 11 is 0. The predicted octanol–water partition coefficient (Wildman–Crippen LogP) is 2.31. The van der Waals surface area contributed by atoms with E-state index in [2.05, 4.69) is 34.3 Å². The van der Waals surface area contributed by atoms with E-state index in [9.17, 15) is 24.9 Å². The number of fused-ring (bicyclic) bond motifs is 2. The number of carbonyl (C=O) groups is 2. The van der Waals surface area contributed by atoms with Crippen LogP contribution in [0.3, 0.4) is 0 Å². The van der Waals surface area contributed by atoms with Gasteiger partial charge in [-0.2, -0.15) is 0 Å². The van der Waals surface area contributed by atoms with Gasteiger partial charge in [-0.1, -0.05) is 0 Å². The highest BCUT2D eigenvalue weighted by Crippen LogP contribution is 2.35. The molecule has 1 heterocycles. The van der Waals surface area contributed by atoms with Gasteiger partial charge in [-0.25, -0.2) is 9.97 Å². The highest BCUT2D eigenvalue weighted by molar-refractivity contribution is 6.09. The Morgan fingerprint density at radius 1 is 0.968 bits per heavy atom. The number of amides is 1. The fourth-order valence-electron chi connectivity index (χ4n) is 4.18. The highest BCUT2D eigenvalue weighted by Gasteiger charge is 2.25. The zero-order chi connectivity index (χ0) is 22.3. The summed E-state index contributed by atoms with van der Waals surface area (Å²) in [5.41, 5.74) is 0.0500. The first kappa shape index (κ1) is 20.8. The minimum Gasteiger partial charge on any atom is -0.507 e. The number of phenolic OH excluding ortho intramolecular Hbond substituents is 3. The smallest absolute Gasteiger partial charge is 0.253 e. The molecule has 1 aliphatic rings. The van der Waals surface area contributed by atoms with Gasteiger partial charge in [0.25, 0.3) is 5.91 Å². The van der Waals surface area contributed by atoms with Gasteiger partial charge >= 0.3 is 0 Å². The minimum absolute atomic E-state index is 0.00423. The van der Waals surface area contributed by atoms with E-state index < -0.39 is 5.75 Å². The molecule has 4 rings (SSSR count). The lowest BCUT2D eigenvalue weighted by Gasteiger charge is -2.33. The molecule has 0 bridgehead atoms. The maximum atomic E-state index is 13.0. The third-order valence-corrected chi connectivity index (χ3v) is 5.97. The summed E-state index contributed by atoms with van der Waals surface area (Å²) in [6.45, 7) is 0. The van der Waals surface area contributed by atoms with E-state index in [-0.39, 0.29) is 56.6 Å². The summed E-state index contributed by atoms with van der Waals surface area (Å²) < 4.78 is 0. The molecule has 0 aliphatic heterocycles. The van der Waals surface area contributed by atoms with Crippen LogP contribution in [0.2, 0.25) is 0 Å². The van der Waals surface area contributed by atoms with E-state index in [1.54, 1.807) is 0 Å². The van der Waals surface area contributed by atoms with Crippen LogP contribution < -0.4 is 5.32 Å². The molecule has 1 saturated carbocycles. The molecule has 4 N–H and O–H groups in total. The van der Waals surface area contributed by atoms with Gasteiger partial charge in [-0.05, 0) is 51.9 Å². The van der Waals surface area contributed by atoms with Gasteiger partial charge in [0, 0.05) is 18.2 Å². The van der Waals surface area contributed by atoms with Crippen molar-refractivity contribution in [3.63, 3.8) is 0 Å². The highest BCUT2D eigenvalue weighted by atomic mass is 16.3. The maximum absolute atomic E-state index is 13.0. The summed E-state index contributed by atoms with van der Waals surface area (Å²) in [6, 6.07) is 4.33. The van der Waals surface area contributed by atoms with Gasteiger partial charge in [-0.3, -0.25) is 9.59 Å². The maximum Gasteiger partial charge on any atom is 0.253 e. The van der Waals surface area contributed by atoms with E-state index in [4.69, 9.17) is 0 Å². The van der Waals surface area contributed by atoms with Crippen molar-refractivity contribution < 1.29 is 24.9 Å². The van der Waals surface area contributed by atoms with E-state index in [0.29, 0.717) is 12.3 Å². The Labute approximate surface area is 178 Å². The molecular formula is C22H24N4O5. The average Bonchev–Trinajstić information content (AvgIpc) is 2.74. The second-order valence-electron chi connectivity index (χ2n) is 8.14. The molecule has 1 fully saturated rings. The third-order valence-electron chi connectivity index (χ3n) is 5.97. The quantitative estimate of drug-likeness (QED) is 0.370. The van der Waals surface area contributed by atoms with Crippen molar-refractivity contribution in [3.8, 4) is 17.2 Å². The normalized spacial score (nSPS) is 19.1. The van der Waals surface area contributed by atoms with Crippen molar-refractivity contribution in [3.05, 3.63) is 29.3 Å². The number of aromatic nitrogens is 2. The Balaban J connectivity index is 1.73. The number of aldehydes is 1. The molecule has 1 aromatic heterocycles. The number of carbonyl (C=O) groups excluding carboxylic acids is 2. The summed E-state index contributed by atoms with van der Waals surface area (Å²) in [5, 5.41) is 33.5. The number of rotatable bonds is 4. The molecule has 9 heteroatoms. The Kier molecular flexibility index (Phi) is 5.36. The zero-order valence-electron chi connectivity index (χ0n) is 17.3. The molecule has 1 aliphatic carbocycles. The van der Waals surface area contributed by atoms with Gasteiger partial charge in [0.05, 0.1) is 11.1 Å². The molecule has 1 amide bonds. The van der Waals surface area contributed by atoms with Crippen LogP contribution in [0.4, 0.5) is 0 Å². The van der Waals surface area contributed by atoms with Gasteiger partial charge < -0.3 is 25.5 Å². The molecule has 2 aromatic carbocycles. The standard InChI is InChI=1S/C22H24N4O5/c1-26(2)12-5-3-11(4-6-12)23-22(31)13-7-8-15(28)20-18(13)24-21-17(30)9-16(29)14(10-27)19(21)25-20/h7-12,28-30H,3-6H2,1-2H3,(H,23,31). The lowest BCUT2D eigenvalue weighted by Crippen LogP contribution is -2.41. The molecule has 0 atom stereocenters. The Morgan fingerprint density at radius 2 is 1.61 bits per heavy atom. The SMILES string of the molecule is CN(C)C1CCC(NC(=O)c2ccc(O)c3nc4c(C=O)c(O)cc(O)c4nc23)CC1. The molecule has 31 heavy (non-hydrogen) atoms. The van der Waals surface area contributed by atoms with Gasteiger partial charge in [-0.15, -0.1) is 0 Å². The van der Waals surface area contributed by atoms with Gasteiger partial charge in [0.15, 0.2) is 6.29 Å². The number of nitrogens with one attached hydrogen (secondary N) is 1. The lowest BCUT2D eigenvalue weighted by atomic mass is 9.90. The van der Waals surface area contributed by atoms with E-state index in [1.807, 2.05) is 0 Å². The molecule has 0 radical (unpaired) electrons. The van der Waals surface area contributed by atoms with Crippen LogP contribution >= 0.6 is 0 Å². The number of hydrogen-bond acceptors (Lipinski definition) is 8. The molecule has 0 saturated heterocycles. The molecule has 162 valence electrons. The lowest BCUT2D eigenvalue weighted by molar-refractivity contribution is 0.0917. The van der Waals surface area contributed by atoms with Gasteiger partial charge in [0.2, 0.25) is 0 Å². The Morgan fingerprint density at radius 3 is 2.26 bits per heavy atom. The Hall–Kier alpha value is -3.46. The molecule has 9 nitrogen and oxygen atoms in total. The summed E-state index contributed by atoms with van der Waals surface area (Å²) in [5.74, 6) is -1.41. The second-order valence-corrected chi connectivity index (χ2v) is 8.14. The van der Waals surface area contributed by atoms with Crippen molar-refractivity contribution in [2.45, 2.75) is 37.8 Å². The molecule has 3 aromatic rings. The number of nitrogens with zero attached hydrogens (tertiary/aromatic N) is 3. The summed E-state index contributed by atoms with van der Waals surface area (Å²) in [6.07, 6.45) is 4.11. The number of aromatic hydroxyl groups is 3. The fourth-order valence-corrected chi connectivity index (χ4v) is 4.18. The van der Waals surface area contributed by atoms with Crippen molar-refractivity contribution in [1.29, 1.82) is 0 Å². The topological polar surface area (TPSA) is 136 Å². The summed E-state index contributed by atoms with van der Waals surface area (Å²) in [7, 11) is 4.11. The van der Waals surface area contributed by atoms with Crippen molar-refractivity contribution in [2.24, 2.45) is 0 Å². The molecular weight excluding hydrogens is 400 g/mol. The second kappa shape index (κ2) is 7.99. The van der Waals surface area contributed by atoms with Crippen LogP contribution in [-0.4, -0.2) is 68.6 Å². The molecule has 0 unspecified atom stereocenters. The first-order valence-corrected chi connectivity index (χ1v) is 10.1. The largest absolute Gasteiger partial charge is 0.507 e. The number of phenols is 3. The number of benzene rings is 2. The molecule has 0 spiro atoms. The minimum atomic E-state index is -0.449. The monoisotopic (exact) mass is 424 g/mol. The predicted molar refractivity (Wildman–Crippen MR) is 115 cm³/mol. The summed E-state index contributed by atoms with van der Waals surface area (Å²) in [4.78, 5) is 35.2. The van der Waals surface area contributed by atoms with Crippen LogP contribution in [-0.2, 0) is 0 Å². The van der Waals surface area contributed by atoms with Gasteiger partial charge in [0.1, 0.15) is 39.3 Å². The van der Waals surface area contributed by atoms with Crippen LogP contribution in [0.1, 0.15) is 46.4 Å². The van der Waals surface area contributed by atoms with Crippen LogP contribution in [0.25, 0.3) is 22.1 Å².